The molecule has 0 saturated carbocycles. The zero-order valence-corrected chi connectivity index (χ0v) is 7.45. The molecule has 0 spiro atoms. The Morgan fingerprint density at radius 3 is 3.15 bits per heavy atom. The molecule has 13 heavy (non-hydrogen) atoms. The summed E-state index contributed by atoms with van der Waals surface area (Å²) in [5.74, 6) is 0.951. The Balaban J connectivity index is 2.09. The molecular formula is C10H13NO2. The molecule has 2 heterocycles. The number of furan rings is 1. The minimum atomic E-state index is 0.431. The van der Waals surface area contributed by atoms with Gasteiger partial charge in [-0.1, -0.05) is 0 Å². The number of rotatable bonds is 2. The molecule has 3 heteroatoms. The molecule has 2 rings (SSSR count). The van der Waals surface area contributed by atoms with E-state index in [0.717, 1.165) is 24.9 Å². The fraction of sp³-hybridized carbons (Fsp3) is 0.500. The van der Waals surface area contributed by atoms with E-state index in [2.05, 4.69) is 5.32 Å². The number of piperidine rings is 1. The van der Waals surface area contributed by atoms with Gasteiger partial charge in [-0.25, -0.2) is 0 Å². The van der Waals surface area contributed by atoms with Crippen LogP contribution in [0.1, 0.15) is 34.9 Å². The monoisotopic (exact) mass is 179 g/mol. The van der Waals surface area contributed by atoms with Crippen LogP contribution < -0.4 is 5.32 Å². The highest BCUT2D eigenvalue weighted by Crippen LogP contribution is 2.24. The molecule has 1 unspecified atom stereocenters. The first-order chi connectivity index (χ1) is 6.40. The van der Waals surface area contributed by atoms with Crippen LogP contribution in [0.2, 0.25) is 0 Å². The lowest BCUT2D eigenvalue weighted by atomic mass is 9.94. The summed E-state index contributed by atoms with van der Waals surface area (Å²) in [4.78, 5) is 10.4. The van der Waals surface area contributed by atoms with Crippen LogP contribution in [0, 0.1) is 0 Å². The van der Waals surface area contributed by atoms with Crippen molar-refractivity contribution in [1.82, 2.24) is 5.32 Å². The largest absolute Gasteiger partial charge is 0.461 e. The average Bonchev–Trinajstić information content (AvgIpc) is 2.67. The van der Waals surface area contributed by atoms with Crippen LogP contribution in [0.5, 0.6) is 0 Å². The Labute approximate surface area is 77.1 Å². The van der Waals surface area contributed by atoms with Gasteiger partial charge in [0.15, 0.2) is 12.0 Å². The zero-order chi connectivity index (χ0) is 9.10. The number of aldehydes is 1. The fourth-order valence-corrected chi connectivity index (χ4v) is 1.78. The lowest BCUT2D eigenvalue weighted by Gasteiger charge is -2.21. The predicted molar refractivity (Wildman–Crippen MR) is 48.9 cm³/mol. The summed E-state index contributed by atoms with van der Waals surface area (Å²) < 4.78 is 5.07. The van der Waals surface area contributed by atoms with Gasteiger partial charge in [0, 0.05) is 6.54 Å². The van der Waals surface area contributed by atoms with Gasteiger partial charge >= 0.3 is 0 Å². The van der Waals surface area contributed by atoms with Gasteiger partial charge in [-0.2, -0.15) is 0 Å². The minimum absolute atomic E-state index is 0.431. The highest BCUT2D eigenvalue weighted by Gasteiger charge is 2.16. The third-order valence-electron chi connectivity index (χ3n) is 2.52. The van der Waals surface area contributed by atoms with Gasteiger partial charge in [0.2, 0.25) is 0 Å². The maximum absolute atomic E-state index is 10.4. The van der Waals surface area contributed by atoms with Crippen molar-refractivity contribution in [3.8, 4) is 0 Å². The fourth-order valence-electron chi connectivity index (χ4n) is 1.78. The second kappa shape index (κ2) is 3.75. The van der Waals surface area contributed by atoms with E-state index in [-0.39, 0.29) is 0 Å². The molecule has 0 amide bonds. The van der Waals surface area contributed by atoms with Crippen LogP contribution in [-0.4, -0.2) is 19.4 Å². The second-order valence-corrected chi connectivity index (χ2v) is 3.44. The van der Waals surface area contributed by atoms with Crippen molar-refractivity contribution in [2.24, 2.45) is 0 Å². The topological polar surface area (TPSA) is 42.2 Å². The van der Waals surface area contributed by atoms with E-state index in [4.69, 9.17) is 4.42 Å². The van der Waals surface area contributed by atoms with Crippen LogP contribution in [0.25, 0.3) is 0 Å². The molecule has 70 valence electrons. The third kappa shape index (κ3) is 1.80. The molecule has 0 bridgehead atoms. The van der Waals surface area contributed by atoms with Crippen molar-refractivity contribution < 1.29 is 9.21 Å². The Bertz CT molecular complexity index is 287. The zero-order valence-electron chi connectivity index (χ0n) is 7.45. The number of carbonyl (C=O) groups excluding carboxylic acids is 1. The molecule has 1 aliphatic heterocycles. The van der Waals surface area contributed by atoms with Crippen LogP contribution in [0.4, 0.5) is 0 Å². The summed E-state index contributed by atoms with van der Waals surface area (Å²) in [5.41, 5.74) is 1.15. The van der Waals surface area contributed by atoms with Crippen molar-refractivity contribution in [2.75, 3.05) is 13.1 Å². The molecule has 1 atom stereocenters. The molecule has 1 N–H and O–H groups in total. The Hall–Kier alpha value is -1.09. The maximum atomic E-state index is 10.4. The van der Waals surface area contributed by atoms with Crippen molar-refractivity contribution >= 4 is 6.29 Å². The molecule has 3 nitrogen and oxygen atoms in total. The highest BCUT2D eigenvalue weighted by atomic mass is 16.3. The molecule has 1 aromatic rings. The van der Waals surface area contributed by atoms with Gasteiger partial charge in [-0.15, -0.1) is 0 Å². The van der Waals surface area contributed by atoms with Gasteiger partial charge in [-0.3, -0.25) is 4.79 Å². The summed E-state index contributed by atoms with van der Waals surface area (Å²) >= 11 is 0. The molecular weight excluding hydrogens is 166 g/mol. The second-order valence-electron chi connectivity index (χ2n) is 3.44. The lowest BCUT2D eigenvalue weighted by molar-refractivity contribution is 0.110. The number of nitrogens with one attached hydrogen (secondary N) is 1. The van der Waals surface area contributed by atoms with E-state index in [9.17, 15) is 4.79 Å². The first-order valence-electron chi connectivity index (χ1n) is 4.64. The van der Waals surface area contributed by atoms with Crippen molar-refractivity contribution in [2.45, 2.75) is 18.8 Å². The first-order valence-corrected chi connectivity index (χ1v) is 4.64. The van der Waals surface area contributed by atoms with E-state index in [0.29, 0.717) is 11.7 Å². The quantitative estimate of drug-likeness (QED) is 0.700. The average molecular weight is 179 g/mol. The van der Waals surface area contributed by atoms with E-state index in [1.807, 2.05) is 6.07 Å². The minimum Gasteiger partial charge on any atom is -0.461 e. The maximum Gasteiger partial charge on any atom is 0.185 e. The standard InChI is InChI=1S/C10H13NO2/c12-6-10-4-9(7-13-10)8-2-1-3-11-5-8/h4,6-8,11H,1-3,5H2. The Kier molecular flexibility index (Phi) is 2.45. The molecule has 0 radical (unpaired) electrons. The summed E-state index contributed by atoms with van der Waals surface area (Å²) in [7, 11) is 0. The van der Waals surface area contributed by atoms with E-state index in [1.54, 1.807) is 6.26 Å². The first kappa shape index (κ1) is 8.51. The molecule has 1 saturated heterocycles. The Morgan fingerprint density at radius 2 is 2.54 bits per heavy atom. The molecule has 1 aromatic heterocycles. The van der Waals surface area contributed by atoms with E-state index < -0.39 is 0 Å². The lowest BCUT2D eigenvalue weighted by Crippen LogP contribution is -2.28. The van der Waals surface area contributed by atoms with Crippen LogP contribution in [0.3, 0.4) is 0 Å². The summed E-state index contributed by atoms with van der Waals surface area (Å²) in [6, 6.07) is 1.84. The normalized spacial score (nSPS) is 22.9. The molecule has 0 aromatic carbocycles. The van der Waals surface area contributed by atoms with E-state index in [1.165, 1.54) is 12.8 Å². The van der Waals surface area contributed by atoms with Crippen molar-refractivity contribution in [3.63, 3.8) is 0 Å². The smallest absolute Gasteiger partial charge is 0.185 e. The summed E-state index contributed by atoms with van der Waals surface area (Å²) in [5, 5.41) is 3.33. The Morgan fingerprint density at radius 1 is 1.62 bits per heavy atom. The van der Waals surface area contributed by atoms with Gasteiger partial charge in [0.25, 0.3) is 0 Å². The van der Waals surface area contributed by atoms with Crippen molar-refractivity contribution in [3.05, 3.63) is 23.7 Å². The SMILES string of the molecule is O=Cc1cc(C2CCCNC2)co1. The van der Waals surface area contributed by atoms with Gasteiger partial charge < -0.3 is 9.73 Å². The van der Waals surface area contributed by atoms with Crippen LogP contribution >= 0.6 is 0 Å². The van der Waals surface area contributed by atoms with Gasteiger partial charge in [0.05, 0.1) is 6.26 Å². The molecule has 1 fully saturated rings. The third-order valence-corrected chi connectivity index (χ3v) is 2.52. The van der Waals surface area contributed by atoms with Gasteiger partial charge in [-0.05, 0) is 36.9 Å². The highest BCUT2D eigenvalue weighted by molar-refractivity contribution is 5.70. The van der Waals surface area contributed by atoms with Gasteiger partial charge in [0.1, 0.15) is 0 Å². The number of carbonyl (C=O) groups is 1. The summed E-state index contributed by atoms with van der Waals surface area (Å²) in [6.45, 7) is 2.10. The van der Waals surface area contributed by atoms with Crippen LogP contribution in [0.15, 0.2) is 16.7 Å². The molecule has 1 aliphatic rings. The van der Waals surface area contributed by atoms with Crippen LogP contribution in [-0.2, 0) is 0 Å². The number of hydrogen-bond acceptors (Lipinski definition) is 3. The molecule has 0 aliphatic carbocycles. The van der Waals surface area contributed by atoms with E-state index >= 15 is 0 Å². The van der Waals surface area contributed by atoms with Crippen molar-refractivity contribution in [1.29, 1.82) is 0 Å². The summed E-state index contributed by atoms with van der Waals surface area (Å²) in [6.07, 6.45) is 4.83. The number of hydrogen-bond donors (Lipinski definition) is 1. The predicted octanol–water partition coefficient (Wildman–Crippen LogP) is 1.56.